The molecule has 1 rings (SSSR count). The summed E-state index contributed by atoms with van der Waals surface area (Å²) in [5.41, 5.74) is 0.0405. The van der Waals surface area contributed by atoms with Gasteiger partial charge in [-0.2, -0.15) is 0 Å². The monoisotopic (exact) mass is 158 g/mol. The van der Waals surface area contributed by atoms with E-state index in [1.807, 2.05) is 0 Å². The molecule has 0 radical (unpaired) electrons. The van der Waals surface area contributed by atoms with E-state index < -0.39 is 5.09 Å². The first-order chi connectivity index (χ1) is 5.13. The van der Waals surface area contributed by atoms with Gasteiger partial charge in [0.2, 0.25) is 0 Å². The Kier molecular flexibility index (Phi) is 4.14. The number of rotatable bonds is 0. The number of aromatic amines is 1. The number of hydrogen-bond acceptors (Lipinski definition) is 3. The number of aromatic nitrogens is 1. The van der Waals surface area contributed by atoms with E-state index in [0.717, 1.165) is 0 Å². The highest BCUT2D eigenvalue weighted by molar-refractivity contribution is 4.90. The van der Waals surface area contributed by atoms with Gasteiger partial charge in [0.05, 0.1) is 0 Å². The lowest BCUT2D eigenvalue weighted by Crippen LogP contribution is -1.92. The van der Waals surface area contributed by atoms with E-state index in [1.165, 1.54) is 12.1 Å². The van der Waals surface area contributed by atoms with Crippen molar-refractivity contribution in [3.63, 3.8) is 0 Å². The van der Waals surface area contributed by atoms with Gasteiger partial charge in [0.25, 0.3) is 5.09 Å². The van der Waals surface area contributed by atoms with E-state index in [9.17, 15) is 4.79 Å². The van der Waals surface area contributed by atoms with E-state index in [4.69, 9.17) is 15.3 Å². The van der Waals surface area contributed by atoms with Gasteiger partial charge in [0, 0.05) is 24.5 Å². The Morgan fingerprint density at radius 1 is 1.45 bits per heavy atom. The molecule has 1 aromatic rings. The summed E-state index contributed by atoms with van der Waals surface area (Å²) < 4.78 is 0. The van der Waals surface area contributed by atoms with Gasteiger partial charge in [-0.1, -0.05) is 0 Å². The predicted octanol–water partition coefficient (Wildman–Crippen LogP) is 0.0272. The molecule has 1 heterocycles. The van der Waals surface area contributed by atoms with Crippen LogP contribution < -0.4 is 5.43 Å². The van der Waals surface area contributed by atoms with E-state index in [0.29, 0.717) is 0 Å². The molecule has 0 unspecified atom stereocenters. The van der Waals surface area contributed by atoms with Gasteiger partial charge in [-0.25, -0.2) is 0 Å². The van der Waals surface area contributed by atoms with Gasteiger partial charge in [-0.3, -0.25) is 4.79 Å². The second-order valence-electron chi connectivity index (χ2n) is 1.47. The van der Waals surface area contributed by atoms with E-state index >= 15 is 0 Å². The molecular weight excluding hydrogens is 152 g/mol. The Hall–Kier alpha value is -1.85. The SMILES string of the molecule is O=[N+]([O-])O.O=c1cc[nH]cc1. The third kappa shape index (κ3) is 8.15. The molecule has 0 atom stereocenters. The summed E-state index contributed by atoms with van der Waals surface area (Å²) in [5.74, 6) is 0. The zero-order valence-corrected chi connectivity index (χ0v) is 5.43. The lowest BCUT2D eigenvalue weighted by atomic mass is 10.5. The number of nitrogens with one attached hydrogen (secondary N) is 1. The summed E-state index contributed by atoms with van der Waals surface area (Å²) in [6.45, 7) is 0. The van der Waals surface area contributed by atoms with Crippen LogP contribution in [0.4, 0.5) is 0 Å². The highest BCUT2D eigenvalue weighted by Crippen LogP contribution is 1.64. The first-order valence-corrected chi connectivity index (χ1v) is 2.59. The van der Waals surface area contributed by atoms with Crippen LogP contribution in [0, 0.1) is 10.1 Å². The summed E-state index contributed by atoms with van der Waals surface area (Å²) in [7, 11) is 0. The molecule has 0 aliphatic rings. The van der Waals surface area contributed by atoms with Crippen LogP contribution in [-0.2, 0) is 0 Å². The lowest BCUT2D eigenvalue weighted by molar-refractivity contribution is -0.742. The maximum Gasteiger partial charge on any atom is 0.291 e. The Labute approximate surface area is 61.2 Å². The molecule has 60 valence electrons. The normalized spacial score (nSPS) is 7.64. The van der Waals surface area contributed by atoms with Gasteiger partial charge in [-0.15, -0.1) is 10.1 Å². The average Bonchev–Trinajstić information content (AvgIpc) is 1.87. The fourth-order valence-electron chi connectivity index (χ4n) is 0.372. The Morgan fingerprint density at radius 3 is 2.00 bits per heavy atom. The molecule has 6 heteroatoms. The molecule has 6 nitrogen and oxygen atoms in total. The zero-order valence-electron chi connectivity index (χ0n) is 5.43. The van der Waals surface area contributed by atoms with E-state index in [1.54, 1.807) is 12.4 Å². The van der Waals surface area contributed by atoms with E-state index in [-0.39, 0.29) is 5.43 Å². The second kappa shape index (κ2) is 4.98. The molecule has 0 spiro atoms. The van der Waals surface area contributed by atoms with Crippen molar-refractivity contribution in [1.29, 1.82) is 0 Å². The minimum Gasteiger partial charge on any atom is -0.367 e. The van der Waals surface area contributed by atoms with Gasteiger partial charge in [-0.05, 0) is 0 Å². The van der Waals surface area contributed by atoms with Crippen molar-refractivity contribution in [3.05, 3.63) is 44.9 Å². The summed E-state index contributed by atoms with van der Waals surface area (Å²) >= 11 is 0. The van der Waals surface area contributed by atoms with Crippen LogP contribution in [-0.4, -0.2) is 15.3 Å². The summed E-state index contributed by atoms with van der Waals surface area (Å²) in [5, 5.41) is 13.6. The highest BCUT2D eigenvalue weighted by Gasteiger charge is 1.70. The maximum absolute atomic E-state index is 10.2. The Morgan fingerprint density at radius 2 is 1.82 bits per heavy atom. The molecule has 0 saturated carbocycles. The van der Waals surface area contributed by atoms with Crippen LogP contribution in [0.3, 0.4) is 0 Å². The summed E-state index contributed by atoms with van der Waals surface area (Å²) in [6, 6.07) is 2.94. The molecule has 0 aliphatic heterocycles. The molecule has 0 aromatic carbocycles. The molecule has 0 saturated heterocycles. The number of pyridine rings is 1. The second-order valence-corrected chi connectivity index (χ2v) is 1.47. The van der Waals surface area contributed by atoms with Crippen molar-refractivity contribution in [2.24, 2.45) is 0 Å². The fraction of sp³-hybridized carbons (Fsp3) is 0. The van der Waals surface area contributed by atoms with Gasteiger partial charge in [0.1, 0.15) is 0 Å². The van der Waals surface area contributed by atoms with Crippen LogP contribution in [0.5, 0.6) is 0 Å². The third-order valence-corrected chi connectivity index (χ3v) is 0.688. The molecule has 0 fully saturated rings. The molecule has 2 N–H and O–H groups in total. The van der Waals surface area contributed by atoms with Crippen molar-refractivity contribution in [2.45, 2.75) is 0 Å². The van der Waals surface area contributed by atoms with Crippen molar-refractivity contribution >= 4 is 0 Å². The zero-order chi connectivity index (χ0) is 8.69. The first-order valence-electron chi connectivity index (χ1n) is 2.59. The minimum atomic E-state index is -1.50. The molecular formula is C5H6N2O4. The standard InChI is InChI=1S/C5H5NO.HNO3/c7-5-1-3-6-4-2-5;2-1(3)4/h1-4H,(H,6,7);(H,2,3,4). The molecule has 0 bridgehead atoms. The van der Waals surface area contributed by atoms with Gasteiger partial charge < -0.3 is 10.2 Å². The first kappa shape index (κ1) is 9.15. The fourth-order valence-corrected chi connectivity index (χ4v) is 0.372. The Bertz CT molecular complexity index is 248. The lowest BCUT2D eigenvalue weighted by Gasteiger charge is -1.73. The highest BCUT2D eigenvalue weighted by atomic mass is 16.9. The largest absolute Gasteiger partial charge is 0.367 e. The van der Waals surface area contributed by atoms with E-state index in [2.05, 4.69) is 4.98 Å². The van der Waals surface area contributed by atoms with Crippen LogP contribution in [0.25, 0.3) is 0 Å². The van der Waals surface area contributed by atoms with Crippen LogP contribution in [0.15, 0.2) is 29.3 Å². The molecule has 0 amide bonds. The molecule has 0 aliphatic carbocycles. The van der Waals surface area contributed by atoms with Crippen molar-refractivity contribution in [1.82, 2.24) is 4.98 Å². The summed E-state index contributed by atoms with van der Waals surface area (Å²) in [4.78, 5) is 21.3. The molecule has 1 aromatic heterocycles. The van der Waals surface area contributed by atoms with Gasteiger partial charge >= 0.3 is 0 Å². The number of nitrogens with zero attached hydrogens (tertiary/aromatic N) is 1. The summed E-state index contributed by atoms with van der Waals surface area (Å²) in [6.07, 6.45) is 3.20. The van der Waals surface area contributed by atoms with Crippen molar-refractivity contribution in [3.8, 4) is 0 Å². The van der Waals surface area contributed by atoms with Crippen molar-refractivity contribution < 1.29 is 10.3 Å². The average molecular weight is 158 g/mol. The van der Waals surface area contributed by atoms with Gasteiger partial charge in [0.15, 0.2) is 5.43 Å². The number of H-pyrrole nitrogens is 1. The third-order valence-electron chi connectivity index (χ3n) is 0.688. The van der Waals surface area contributed by atoms with Crippen molar-refractivity contribution in [2.75, 3.05) is 0 Å². The maximum atomic E-state index is 10.2. The molecule has 11 heavy (non-hydrogen) atoms. The quantitative estimate of drug-likeness (QED) is 0.411. The number of hydrogen-bond donors (Lipinski definition) is 2. The predicted molar refractivity (Wildman–Crippen MR) is 35.8 cm³/mol. The topological polar surface area (TPSA) is 96.2 Å². The smallest absolute Gasteiger partial charge is 0.291 e. The van der Waals surface area contributed by atoms with Crippen LogP contribution >= 0.6 is 0 Å². The minimum absolute atomic E-state index is 0.0405. The van der Waals surface area contributed by atoms with Crippen LogP contribution in [0.1, 0.15) is 0 Å². The van der Waals surface area contributed by atoms with Crippen LogP contribution in [0.2, 0.25) is 0 Å². The Balaban J connectivity index is 0.000000218.